The van der Waals surface area contributed by atoms with E-state index in [1.807, 2.05) is 48.8 Å². The molecule has 8 rings (SSSR count). The molecule has 3 aromatic heterocycles. The summed E-state index contributed by atoms with van der Waals surface area (Å²) in [6.07, 6.45) is 12.0. The molecule has 0 amide bonds. The van der Waals surface area contributed by atoms with E-state index in [9.17, 15) is 0 Å². The summed E-state index contributed by atoms with van der Waals surface area (Å²) >= 11 is -1.72. The van der Waals surface area contributed by atoms with Gasteiger partial charge in [-0.25, -0.2) is 0 Å². The number of furan rings is 1. The number of fused-ring (bicyclic) bond motifs is 3. The van der Waals surface area contributed by atoms with Gasteiger partial charge in [0.25, 0.3) is 0 Å². The van der Waals surface area contributed by atoms with E-state index in [-0.39, 0.29) is 20.1 Å². The van der Waals surface area contributed by atoms with Crippen molar-refractivity contribution in [2.24, 2.45) is 5.92 Å². The quantitative estimate of drug-likeness (QED) is 0.123. The van der Waals surface area contributed by atoms with E-state index in [0.29, 0.717) is 0 Å². The van der Waals surface area contributed by atoms with Crippen LogP contribution in [0.1, 0.15) is 37.7 Å². The fraction of sp³-hybridized carbons (Fsp3) is 0.227. The minimum atomic E-state index is -1.72. The van der Waals surface area contributed by atoms with Gasteiger partial charge in [0, 0.05) is 31.7 Å². The molecule has 1 saturated carbocycles. The standard InChI is InChI=1S/C30H26NO.C14H16GeN.Ir/c1-3-8-21(9-4-1)18-22-16-17-31-28(19-22)26-13-7-12-25-27-20-24(23-10-5-2-6-11-23)14-15-29(27)32-30(25)26;1-15(2,3)13-9-10-14(16-11-13)12-7-5-4-6-8-12;/h2,5-7,10-12,14-17,19-21H,1,3-4,8-9,18H2;4-7,9-11H,1-3H3;/q2*-1;. The first-order chi connectivity index (χ1) is 23.4. The van der Waals surface area contributed by atoms with E-state index in [1.165, 1.54) is 53.2 Å². The second kappa shape index (κ2) is 15.8. The van der Waals surface area contributed by atoms with Crippen LogP contribution in [0, 0.1) is 18.1 Å². The molecule has 249 valence electrons. The number of rotatable bonds is 6. The Morgan fingerprint density at radius 1 is 0.714 bits per heavy atom. The summed E-state index contributed by atoms with van der Waals surface area (Å²) in [4.78, 5) is 9.23. The Balaban J connectivity index is 0.000000208. The SMILES string of the molecule is [CH3][Ge]([CH3])([CH3])[c]1ccc(-c2[c-]cccc2)nc1.[Ir].[c-]1ccc2c(oc3ccc(-c4ccccc4)cc32)c1-c1cc(CC2CCCCC2)ccn1. The van der Waals surface area contributed by atoms with E-state index < -0.39 is 13.3 Å². The van der Waals surface area contributed by atoms with Gasteiger partial charge in [-0.3, -0.25) is 0 Å². The fourth-order valence-electron chi connectivity index (χ4n) is 6.75. The maximum absolute atomic E-state index is 6.35. The van der Waals surface area contributed by atoms with E-state index in [0.717, 1.165) is 56.8 Å². The smallest absolute Gasteiger partial charge is 0.120 e. The van der Waals surface area contributed by atoms with E-state index in [1.54, 1.807) is 0 Å². The molecule has 4 aromatic carbocycles. The summed E-state index contributed by atoms with van der Waals surface area (Å²) < 4.78 is 7.79. The van der Waals surface area contributed by atoms with Crippen LogP contribution in [0.3, 0.4) is 0 Å². The molecule has 0 saturated heterocycles. The molecule has 49 heavy (non-hydrogen) atoms. The van der Waals surface area contributed by atoms with Crippen LogP contribution in [0.15, 0.2) is 126 Å². The van der Waals surface area contributed by atoms with Crippen LogP contribution < -0.4 is 4.40 Å². The largest absolute Gasteiger partial charge is 0.501 e. The summed E-state index contributed by atoms with van der Waals surface area (Å²) in [5.74, 6) is 7.95. The van der Waals surface area contributed by atoms with Crippen molar-refractivity contribution in [1.82, 2.24) is 9.97 Å². The first kappa shape index (κ1) is 35.0. The molecule has 0 bridgehead atoms. The van der Waals surface area contributed by atoms with Gasteiger partial charge in [0.1, 0.15) is 5.58 Å². The first-order valence-corrected chi connectivity index (χ1v) is 24.6. The van der Waals surface area contributed by atoms with Crippen molar-refractivity contribution in [3.8, 4) is 33.6 Å². The molecule has 0 unspecified atom stereocenters. The van der Waals surface area contributed by atoms with Crippen LogP contribution in [0.5, 0.6) is 0 Å². The molecule has 0 aliphatic heterocycles. The third kappa shape index (κ3) is 8.32. The minimum absolute atomic E-state index is 0. The number of aromatic nitrogens is 2. The minimum Gasteiger partial charge on any atom is -0.501 e. The Bertz CT molecular complexity index is 2110. The van der Waals surface area contributed by atoms with Gasteiger partial charge in [0.15, 0.2) is 0 Å². The molecule has 1 aliphatic carbocycles. The van der Waals surface area contributed by atoms with Crippen molar-refractivity contribution in [3.63, 3.8) is 0 Å². The molecular formula is C44H42GeIrN2O-2. The van der Waals surface area contributed by atoms with Crippen molar-refractivity contribution >= 4 is 39.6 Å². The normalized spacial score (nSPS) is 13.4. The van der Waals surface area contributed by atoms with Crippen molar-refractivity contribution in [1.29, 1.82) is 0 Å². The van der Waals surface area contributed by atoms with Gasteiger partial charge in [-0.1, -0.05) is 91.1 Å². The maximum atomic E-state index is 6.35. The van der Waals surface area contributed by atoms with Gasteiger partial charge in [0.05, 0.1) is 5.58 Å². The second-order valence-electron chi connectivity index (χ2n) is 14.0. The Morgan fingerprint density at radius 2 is 1.53 bits per heavy atom. The van der Waals surface area contributed by atoms with Crippen LogP contribution in [-0.4, -0.2) is 23.2 Å². The summed E-state index contributed by atoms with van der Waals surface area (Å²) in [6.45, 7) is 0. The topological polar surface area (TPSA) is 38.9 Å². The maximum Gasteiger partial charge on any atom is 0.120 e. The molecule has 7 aromatic rings. The van der Waals surface area contributed by atoms with Crippen molar-refractivity contribution in [3.05, 3.63) is 139 Å². The van der Waals surface area contributed by atoms with Gasteiger partial charge < -0.3 is 9.40 Å². The number of hydrogen-bond acceptors (Lipinski definition) is 3. The van der Waals surface area contributed by atoms with Crippen molar-refractivity contribution < 1.29 is 24.5 Å². The van der Waals surface area contributed by atoms with E-state index in [2.05, 4.69) is 107 Å². The predicted molar refractivity (Wildman–Crippen MR) is 203 cm³/mol. The first-order valence-electron chi connectivity index (χ1n) is 17.2. The average molecular weight is 880 g/mol. The predicted octanol–water partition coefficient (Wildman–Crippen LogP) is 11.3. The van der Waals surface area contributed by atoms with Gasteiger partial charge in [0.2, 0.25) is 0 Å². The molecule has 0 N–H and O–H groups in total. The molecule has 3 heterocycles. The third-order valence-corrected chi connectivity index (χ3v) is 13.7. The molecule has 1 aliphatic rings. The van der Waals surface area contributed by atoms with E-state index in [4.69, 9.17) is 9.40 Å². The van der Waals surface area contributed by atoms with Gasteiger partial charge in [-0.15, -0.1) is 18.2 Å². The zero-order valence-corrected chi connectivity index (χ0v) is 33.0. The molecule has 3 nitrogen and oxygen atoms in total. The van der Waals surface area contributed by atoms with Gasteiger partial charge in [-0.2, -0.15) is 0 Å². The number of pyridine rings is 2. The molecule has 5 heteroatoms. The van der Waals surface area contributed by atoms with Crippen LogP contribution in [-0.2, 0) is 26.5 Å². The summed E-state index contributed by atoms with van der Waals surface area (Å²) in [7, 11) is 0. The average Bonchev–Trinajstić information content (AvgIpc) is 3.51. The monoisotopic (exact) mass is 881 g/mol. The van der Waals surface area contributed by atoms with E-state index >= 15 is 0 Å². The van der Waals surface area contributed by atoms with Crippen LogP contribution in [0.4, 0.5) is 0 Å². The van der Waals surface area contributed by atoms with Crippen molar-refractivity contribution in [2.45, 2.75) is 55.8 Å². The third-order valence-electron chi connectivity index (χ3n) is 9.48. The summed E-state index contributed by atoms with van der Waals surface area (Å²) in [5, 5.41) is 2.25. The molecule has 1 fully saturated rings. The second-order valence-corrected chi connectivity index (χ2v) is 24.6. The number of hydrogen-bond donors (Lipinski definition) is 0. The molecule has 0 spiro atoms. The Kier molecular flexibility index (Phi) is 11.3. The van der Waals surface area contributed by atoms with Crippen molar-refractivity contribution in [2.75, 3.05) is 0 Å². The summed E-state index contributed by atoms with van der Waals surface area (Å²) in [6, 6.07) is 44.3. The summed E-state index contributed by atoms with van der Waals surface area (Å²) in [5.41, 5.74) is 9.53. The zero-order valence-electron chi connectivity index (χ0n) is 28.5. The Hall–Kier alpha value is -3.83. The molecular weight excluding hydrogens is 837 g/mol. The van der Waals surface area contributed by atoms with Crippen LogP contribution in [0.2, 0.25) is 17.3 Å². The van der Waals surface area contributed by atoms with Gasteiger partial charge in [-0.05, 0) is 47.4 Å². The Labute approximate surface area is 306 Å². The Morgan fingerprint density at radius 3 is 2.27 bits per heavy atom. The van der Waals surface area contributed by atoms with Crippen LogP contribution >= 0.6 is 0 Å². The molecule has 1 radical (unpaired) electrons. The molecule has 0 atom stereocenters. The van der Waals surface area contributed by atoms with Gasteiger partial charge >= 0.3 is 99.8 Å². The van der Waals surface area contributed by atoms with Crippen LogP contribution in [0.25, 0.3) is 55.6 Å². The number of nitrogens with zero attached hydrogens (tertiary/aromatic N) is 2. The number of benzene rings is 4. The fourth-order valence-corrected chi connectivity index (χ4v) is 8.93. The zero-order chi connectivity index (χ0) is 32.9.